The van der Waals surface area contributed by atoms with E-state index in [4.69, 9.17) is 11.6 Å². The summed E-state index contributed by atoms with van der Waals surface area (Å²) in [5.41, 5.74) is 0.648. The Morgan fingerprint density at radius 3 is 2.65 bits per heavy atom. The number of hydrogen-bond donors (Lipinski definition) is 0. The van der Waals surface area contributed by atoms with Gasteiger partial charge < -0.3 is 4.57 Å². The fourth-order valence-electron chi connectivity index (χ4n) is 2.10. The number of rotatable bonds is 5. The molecule has 0 bridgehead atoms. The quantitative estimate of drug-likeness (QED) is 0.492. The van der Waals surface area contributed by atoms with E-state index in [1.54, 1.807) is 35.6 Å². The largest absolute Gasteiger partial charge is 0.304 e. The highest BCUT2D eigenvalue weighted by Crippen LogP contribution is 2.29. The minimum Gasteiger partial charge on any atom is -0.304 e. The number of Topliss-reactive ketones (excluding diaryl/α,β-unsaturated/α-hetero) is 1. The van der Waals surface area contributed by atoms with E-state index in [0.717, 1.165) is 15.9 Å². The first kappa shape index (κ1) is 16.2. The first-order valence-corrected chi connectivity index (χ1v) is 9.09. The molecule has 0 N–H and O–H groups in total. The Morgan fingerprint density at radius 1 is 1.26 bits per heavy atom. The van der Waals surface area contributed by atoms with E-state index < -0.39 is 0 Å². The SMILES string of the molecule is CC(Sc1nnc(-c2cccs2)n1C)C(=O)c1ccc(Cl)cc1. The van der Waals surface area contributed by atoms with Gasteiger partial charge in [0.1, 0.15) is 0 Å². The van der Waals surface area contributed by atoms with Gasteiger partial charge in [0.15, 0.2) is 16.8 Å². The van der Waals surface area contributed by atoms with E-state index in [1.165, 1.54) is 11.8 Å². The molecule has 3 aromatic rings. The highest BCUT2D eigenvalue weighted by molar-refractivity contribution is 8.00. The highest BCUT2D eigenvalue weighted by atomic mass is 35.5. The fourth-order valence-corrected chi connectivity index (χ4v) is 3.86. The van der Waals surface area contributed by atoms with Gasteiger partial charge in [-0.3, -0.25) is 4.79 Å². The van der Waals surface area contributed by atoms with E-state index in [0.29, 0.717) is 10.6 Å². The molecule has 0 aliphatic carbocycles. The van der Waals surface area contributed by atoms with Crippen LogP contribution >= 0.6 is 34.7 Å². The summed E-state index contributed by atoms with van der Waals surface area (Å²) in [6.07, 6.45) is 0. The Kier molecular flexibility index (Phi) is 4.84. The van der Waals surface area contributed by atoms with Crippen LogP contribution in [0.5, 0.6) is 0 Å². The minimum atomic E-state index is -0.254. The van der Waals surface area contributed by atoms with Gasteiger partial charge in [-0.2, -0.15) is 0 Å². The third-order valence-corrected chi connectivity index (χ3v) is 5.61. The second-order valence-corrected chi connectivity index (χ2v) is 7.67. The average molecular weight is 364 g/mol. The van der Waals surface area contributed by atoms with Crippen molar-refractivity contribution in [3.05, 3.63) is 52.4 Å². The van der Waals surface area contributed by atoms with Crippen LogP contribution in [0.2, 0.25) is 5.02 Å². The zero-order valence-corrected chi connectivity index (χ0v) is 15.0. The van der Waals surface area contributed by atoms with Gasteiger partial charge in [-0.25, -0.2) is 0 Å². The maximum atomic E-state index is 12.5. The summed E-state index contributed by atoms with van der Waals surface area (Å²) in [6, 6.07) is 10.9. The minimum absolute atomic E-state index is 0.0485. The van der Waals surface area contributed by atoms with E-state index >= 15 is 0 Å². The van der Waals surface area contributed by atoms with Gasteiger partial charge in [-0.1, -0.05) is 29.4 Å². The van der Waals surface area contributed by atoms with Crippen molar-refractivity contribution in [1.29, 1.82) is 0 Å². The number of nitrogens with zero attached hydrogens (tertiary/aromatic N) is 3. The molecule has 23 heavy (non-hydrogen) atoms. The number of carbonyl (C=O) groups excluding carboxylic acids is 1. The van der Waals surface area contributed by atoms with E-state index in [9.17, 15) is 4.79 Å². The van der Waals surface area contributed by atoms with E-state index in [2.05, 4.69) is 10.2 Å². The number of ketones is 1. The molecule has 1 atom stereocenters. The van der Waals surface area contributed by atoms with Crippen LogP contribution in [0.4, 0.5) is 0 Å². The summed E-state index contributed by atoms with van der Waals surface area (Å²) in [5.74, 6) is 0.862. The molecule has 1 unspecified atom stereocenters. The summed E-state index contributed by atoms with van der Waals surface area (Å²) in [4.78, 5) is 13.5. The Bertz CT molecular complexity index is 812. The third kappa shape index (κ3) is 3.49. The van der Waals surface area contributed by atoms with Crippen LogP contribution in [0.1, 0.15) is 17.3 Å². The number of halogens is 1. The topological polar surface area (TPSA) is 47.8 Å². The zero-order valence-electron chi connectivity index (χ0n) is 12.6. The second kappa shape index (κ2) is 6.86. The predicted octanol–water partition coefficient (Wildman–Crippen LogP) is 4.56. The molecule has 0 aliphatic heterocycles. The molecule has 0 spiro atoms. The van der Waals surface area contributed by atoms with Crippen LogP contribution in [-0.2, 0) is 7.05 Å². The van der Waals surface area contributed by atoms with Gasteiger partial charge in [0.25, 0.3) is 0 Å². The van der Waals surface area contributed by atoms with Crippen molar-refractivity contribution in [3.8, 4) is 10.7 Å². The number of hydrogen-bond acceptors (Lipinski definition) is 5. The molecule has 0 aliphatic rings. The molecule has 0 radical (unpaired) electrons. The summed E-state index contributed by atoms with van der Waals surface area (Å²) in [5, 5.41) is 11.5. The first-order valence-electron chi connectivity index (χ1n) is 6.96. The van der Waals surface area contributed by atoms with Crippen molar-refractivity contribution in [2.24, 2.45) is 7.05 Å². The third-order valence-electron chi connectivity index (χ3n) is 3.36. The van der Waals surface area contributed by atoms with Gasteiger partial charge in [0.2, 0.25) is 0 Å². The fraction of sp³-hybridized carbons (Fsp3) is 0.188. The van der Waals surface area contributed by atoms with Crippen LogP contribution in [0, 0.1) is 0 Å². The lowest BCUT2D eigenvalue weighted by molar-refractivity contribution is 0.0994. The number of aromatic nitrogens is 3. The number of thioether (sulfide) groups is 1. The zero-order chi connectivity index (χ0) is 16.4. The van der Waals surface area contributed by atoms with Crippen LogP contribution in [-0.4, -0.2) is 25.8 Å². The second-order valence-electron chi connectivity index (χ2n) is 4.97. The van der Waals surface area contributed by atoms with Crippen molar-refractivity contribution in [2.45, 2.75) is 17.3 Å². The number of benzene rings is 1. The van der Waals surface area contributed by atoms with Gasteiger partial charge >= 0.3 is 0 Å². The van der Waals surface area contributed by atoms with Crippen LogP contribution < -0.4 is 0 Å². The molecule has 118 valence electrons. The molecule has 0 fully saturated rings. The maximum absolute atomic E-state index is 12.5. The van der Waals surface area contributed by atoms with Crippen LogP contribution in [0.3, 0.4) is 0 Å². The molecule has 7 heteroatoms. The van der Waals surface area contributed by atoms with Crippen LogP contribution in [0.25, 0.3) is 10.7 Å². The van der Waals surface area contributed by atoms with Gasteiger partial charge in [0.05, 0.1) is 10.1 Å². The summed E-state index contributed by atoms with van der Waals surface area (Å²) < 4.78 is 1.92. The molecule has 4 nitrogen and oxygen atoms in total. The monoisotopic (exact) mass is 363 g/mol. The van der Waals surface area contributed by atoms with E-state index in [-0.39, 0.29) is 11.0 Å². The molecule has 0 saturated carbocycles. The number of thiophene rings is 1. The molecule has 2 aromatic heterocycles. The van der Waals surface area contributed by atoms with Gasteiger partial charge in [0, 0.05) is 17.6 Å². The Morgan fingerprint density at radius 2 is 2.00 bits per heavy atom. The smallest absolute Gasteiger partial charge is 0.191 e. The van der Waals surface area contributed by atoms with Crippen molar-refractivity contribution in [2.75, 3.05) is 0 Å². The molecular weight excluding hydrogens is 350 g/mol. The predicted molar refractivity (Wildman–Crippen MR) is 95.4 cm³/mol. The van der Waals surface area contributed by atoms with Gasteiger partial charge in [-0.05, 0) is 42.6 Å². The number of carbonyl (C=O) groups is 1. The van der Waals surface area contributed by atoms with Gasteiger partial charge in [-0.15, -0.1) is 21.5 Å². The molecule has 0 amide bonds. The first-order chi connectivity index (χ1) is 11.1. The normalized spacial score (nSPS) is 12.3. The van der Waals surface area contributed by atoms with Crippen molar-refractivity contribution in [3.63, 3.8) is 0 Å². The van der Waals surface area contributed by atoms with Crippen molar-refractivity contribution < 1.29 is 4.79 Å². The highest BCUT2D eigenvalue weighted by Gasteiger charge is 2.20. The molecule has 0 saturated heterocycles. The summed E-state index contributed by atoms with van der Waals surface area (Å²) in [7, 11) is 1.91. The Balaban J connectivity index is 1.77. The molecule has 1 aromatic carbocycles. The Labute approximate surface area is 147 Å². The summed E-state index contributed by atoms with van der Waals surface area (Å²) >= 11 is 8.88. The van der Waals surface area contributed by atoms with Crippen molar-refractivity contribution >= 4 is 40.5 Å². The summed E-state index contributed by atoms with van der Waals surface area (Å²) in [6.45, 7) is 1.88. The molecular formula is C16H14ClN3OS2. The van der Waals surface area contributed by atoms with E-state index in [1.807, 2.05) is 36.1 Å². The lowest BCUT2D eigenvalue weighted by Crippen LogP contribution is -2.14. The average Bonchev–Trinajstić information content (AvgIpc) is 3.18. The lowest BCUT2D eigenvalue weighted by atomic mass is 10.1. The van der Waals surface area contributed by atoms with Crippen molar-refractivity contribution in [1.82, 2.24) is 14.8 Å². The lowest BCUT2D eigenvalue weighted by Gasteiger charge is -2.10. The van der Waals surface area contributed by atoms with Crippen LogP contribution in [0.15, 0.2) is 46.9 Å². The molecule has 2 heterocycles. The Hall–Kier alpha value is -1.63. The molecule has 3 rings (SSSR count). The maximum Gasteiger partial charge on any atom is 0.191 e. The standard InChI is InChI=1S/C16H14ClN3OS2/c1-10(14(21)11-5-7-12(17)8-6-11)23-16-19-18-15(20(16)2)13-4-3-9-22-13/h3-10H,1-2H3.